The normalized spacial score (nSPS) is 12.9. The Bertz CT molecular complexity index is 1010. The van der Waals surface area contributed by atoms with Crippen molar-refractivity contribution in [3.63, 3.8) is 0 Å². The summed E-state index contributed by atoms with van der Waals surface area (Å²) >= 11 is 0. The number of carbonyl (C=O) groups is 1. The molecule has 0 radical (unpaired) electrons. The summed E-state index contributed by atoms with van der Waals surface area (Å²) in [6.45, 7) is 5.28. The maximum absolute atomic E-state index is 12.8. The van der Waals surface area contributed by atoms with Gasteiger partial charge in [-0.15, -0.1) is 0 Å². The van der Waals surface area contributed by atoms with Crippen molar-refractivity contribution in [3.05, 3.63) is 41.3 Å². The second-order valence-electron chi connectivity index (χ2n) is 6.48. The smallest absolute Gasteiger partial charge is 0.322 e. The zero-order valence-electron chi connectivity index (χ0n) is 16.1. The minimum Gasteiger partial charge on any atom is -0.492 e. The fourth-order valence-corrected chi connectivity index (χ4v) is 3.25. The van der Waals surface area contributed by atoms with Gasteiger partial charge in [-0.25, -0.2) is 4.79 Å². The molecule has 1 aromatic carbocycles. The lowest BCUT2D eigenvalue weighted by atomic mass is 10.2. The highest BCUT2D eigenvalue weighted by atomic mass is 16.5. The first-order chi connectivity index (χ1) is 13.6. The largest absolute Gasteiger partial charge is 0.492 e. The van der Waals surface area contributed by atoms with Gasteiger partial charge in [0.1, 0.15) is 5.75 Å². The van der Waals surface area contributed by atoms with Crippen molar-refractivity contribution >= 4 is 11.7 Å². The number of aromatic nitrogens is 4. The summed E-state index contributed by atoms with van der Waals surface area (Å²) in [6, 6.07) is 7.19. The molecule has 0 aliphatic carbocycles. The molecule has 1 aliphatic heterocycles. The molecule has 1 N–H and O–H groups in total. The molecule has 0 atom stereocenters. The summed E-state index contributed by atoms with van der Waals surface area (Å²) in [5.41, 5.74) is 3.17. The van der Waals surface area contributed by atoms with Crippen LogP contribution in [0.3, 0.4) is 0 Å². The molecule has 2 amide bonds. The number of hydrogen-bond donors (Lipinski definition) is 1. The molecule has 1 aliphatic rings. The van der Waals surface area contributed by atoms with Crippen LogP contribution in [0.15, 0.2) is 28.8 Å². The summed E-state index contributed by atoms with van der Waals surface area (Å²) < 4.78 is 12.7. The Balaban J connectivity index is 1.54. The molecule has 28 heavy (non-hydrogen) atoms. The molecule has 0 unspecified atom stereocenters. The van der Waals surface area contributed by atoms with E-state index in [1.54, 1.807) is 9.58 Å². The van der Waals surface area contributed by atoms with Crippen molar-refractivity contribution in [3.8, 4) is 17.3 Å². The van der Waals surface area contributed by atoms with Gasteiger partial charge in [0.25, 0.3) is 5.89 Å². The van der Waals surface area contributed by atoms with E-state index in [1.165, 1.54) is 0 Å². The first-order valence-corrected chi connectivity index (χ1v) is 9.26. The third-order valence-corrected chi connectivity index (χ3v) is 4.67. The molecule has 2 aromatic heterocycles. The van der Waals surface area contributed by atoms with Gasteiger partial charge in [0.15, 0.2) is 11.5 Å². The number of benzene rings is 1. The highest BCUT2D eigenvalue weighted by Crippen LogP contribution is 2.32. The van der Waals surface area contributed by atoms with E-state index < -0.39 is 0 Å². The maximum Gasteiger partial charge on any atom is 0.322 e. The van der Waals surface area contributed by atoms with Gasteiger partial charge in [-0.3, -0.25) is 4.68 Å². The van der Waals surface area contributed by atoms with Crippen LogP contribution in [0.25, 0.3) is 11.6 Å². The minimum absolute atomic E-state index is 0.200. The van der Waals surface area contributed by atoms with Crippen LogP contribution >= 0.6 is 0 Å². The first-order valence-electron chi connectivity index (χ1n) is 9.26. The zero-order chi connectivity index (χ0) is 19.7. The number of aryl methyl sites for hydroxylation is 2. The van der Waals surface area contributed by atoms with Crippen molar-refractivity contribution < 1.29 is 14.1 Å². The van der Waals surface area contributed by atoms with Crippen molar-refractivity contribution in [1.82, 2.24) is 24.8 Å². The van der Waals surface area contributed by atoms with Gasteiger partial charge in [-0.05, 0) is 19.1 Å². The van der Waals surface area contributed by atoms with E-state index in [1.807, 2.05) is 45.2 Å². The van der Waals surface area contributed by atoms with E-state index in [9.17, 15) is 4.79 Å². The van der Waals surface area contributed by atoms with E-state index in [0.29, 0.717) is 55.0 Å². The van der Waals surface area contributed by atoms with Crippen molar-refractivity contribution in [2.75, 3.05) is 11.9 Å². The lowest BCUT2D eigenvalue weighted by Gasteiger charge is -2.18. The molecule has 3 aromatic rings. The summed E-state index contributed by atoms with van der Waals surface area (Å²) in [7, 11) is 1.85. The molecule has 0 spiro atoms. The summed E-state index contributed by atoms with van der Waals surface area (Å²) in [5, 5.41) is 11.4. The highest BCUT2D eigenvalue weighted by Gasteiger charge is 2.32. The van der Waals surface area contributed by atoms with Crippen LogP contribution < -0.4 is 10.1 Å². The first kappa shape index (κ1) is 18.0. The number of nitrogens with zero attached hydrogens (tertiary/aromatic N) is 5. The number of ether oxygens (including phenoxy) is 1. The van der Waals surface area contributed by atoms with Gasteiger partial charge in [0, 0.05) is 19.0 Å². The molecule has 0 bridgehead atoms. The van der Waals surface area contributed by atoms with Crippen LogP contribution in [-0.4, -0.2) is 37.5 Å². The highest BCUT2D eigenvalue weighted by molar-refractivity contribution is 5.91. The SMILES string of the molecule is CCOc1ccccc1NC(=O)N1Cc2c(-c3nc(CC)no3)nn(C)c2C1. The Hall–Kier alpha value is -3.36. The lowest BCUT2D eigenvalue weighted by molar-refractivity contribution is 0.211. The maximum atomic E-state index is 12.8. The molecule has 9 heteroatoms. The Morgan fingerprint density at radius 2 is 2.11 bits per heavy atom. The number of anilines is 1. The average molecular weight is 382 g/mol. The van der Waals surface area contributed by atoms with E-state index >= 15 is 0 Å². The third-order valence-electron chi connectivity index (χ3n) is 4.67. The number of nitrogens with one attached hydrogen (secondary N) is 1. The predicted molar refractivity (Wildman–Crippen MR) is 102 cm³/mol. The number of amides is 2. The Morgan fingerprint density at radius 1 is 1.29 bits per heavy atom. The average Bonchev–Trinajstić information content (AvgIpc) is 3.40. The number of para-hydroxylation sites is 2. The van der Waals surface area contributed by atoms with Gasteiger partial charge in [0.05, 0.1) is 31.1 Å². The van der Waals surface area contributed by atoms with Crippen molar-refractivity contribution in [2.45, 2.75) is 33.4 Å². The Labute approximate surface area is 162 Å². The number of urea groups is 1. The zero-order valence-corrected chi connectivity index (χ0v) is 16.1. The molecule has 0 saturated carbocycles. The monoisotopic (exact) mass is 382 g/mol. The van der Waals surface area contributed by atoms with Gasteiger partial charge >= 0.3 is 6.03 Å². The van der Waals surface area contributed by atoms with Crippen LogP contribution in [0.5, 0.6) is 5.75 Å². The second kappa shape index (κ2) is 7.34. The van der Waals surface area contributed by atoms with Crippen LogP contribution in [0.4, 0.5) is 10.5 Å². The predicted octanol–water partition coefficient (Wildman–Crippen LogP) is 2.98. The van der Waals surface area contributed by atoms with Crippen LogP contribution in [0.2, 0.25) is 0 Å². The van der Waals surface area contributed by atoms with Gasteiger partial charge in [-0.1, -0.05) is 24.2 Å². The van der Waals surface area contributed by atoms with E-state index in [2.05, 4.69) is 20.6 Å². The van der Waals surface area contributed by atoms with Gasteiger partial charge < -0.3 is 19.5 Å². The fourth-order valence-electron chi connectivity index (χ4n) is 3.25. The van der Waals surface area contributed by atoms with E-state index in [0.717, 1.165) is 11.3 Å². The van der Waals surface area contributed by atoms with Crippen molar-refractivity contribution in [1.29, 1.82) is 0 Å². The van der Waals surface area contributed by atoms with Crippen LogP contribution in [-0.2, 0) is 26.6 Å². The van der Waals surface area contributed by atoms with Gasteiger partial charge in [0.2, 0.25) is 0 Å². The van der Waals surface area contributed by atoms with E-state index in [4.69, 9.17) is 9.26 Å². The van der Waals surface area contributed by atoms with Crippen LogP contribution in [0, 0.1) is 0 Å². The number of fused-ring (bicyclic) bond motifs is 1. The minimum atomic E-state index is -0.200. The molecular formula is C19H22N6O3. The summed E-state index contributed by atoms with van der Waals surface area (Å²) in [6.07, 6.45) is 0.687. The molecule has 9 nitrogen and oxygen atoms in total. The second-order valence-corrected chi connectivity index (χ2v) is 6.48. The Kier molecular flexibility index (Phi) is 4.72. The number of carbonyl (C=O) groups excluding carboxylic acids is 1. The molecule has 0 fully saturated rings. The molecule has 4 rings (SSSR count). The van der Waals surface area contributed by atoms with E-state index in [-0.39, 0.29) is 6.03 Å². The quantitative estimate of drug-likeness (QED) is 0.728. The lowest BCUT2D eigenvalue weighted by Crippen LogP contribution is -2.31. The van der Waals surface area contributed by atoms with Crippen LogP contribution in [0.1, 0.15) is 30.9 Å². The summed E-state index contributed by atoms with van der Waals surface area (Å²) in [4.78, 5) is 18.9. The Morgan fingerprint density at radius 3 is 2.86 bits per heavy atom. The number of rotatable bonds is 5. The molecule has 0 saturated heterocycles. The van der Waals surface area contributed by atoms with Crippen molar-refractivity contribution in [2.24, 2.45) is 7.05 Å². The standard InChI is InChI=1S/C19H22N6O3/c1-4-16-21-18(28-23-16)17-12-10-25(11-14(12)24(3)22-17)19(26)20-13-8-6-7-9-15(13)27-5-2/h6-9H,4-5,10-11H2,1-3H3,(H,20,26). The number of hydrogen-bond acceptors (Lipinski definition) is 6. The molecule has 3 heterocycles. The fraction of sp³-hybridized carbons (Fsp3) is 0.368. The summed E-state index contributed by atoms with van der Waals surface area (Å²) in [5.74, 6) is 1.67. The topological polar surface area (TPSA) is 98.3 Å². The molecular weight excluding hydrogens is 360 g/mol. The molecule has 146 valence electrons. The third kappa shape index (κ3) is 3.19. The van der Waals surface area contributed by atoms with Gasteiger partial charge in [-0.2, -0.15) is 10.1 Å².